The lowest BCUT2D eigenvalue weighted by Gasteiger charge is -2.14. The zero-order valence-electron chi connectivity index (χ0n) is 22.0. The van der Waals surface area contributed by atoms with E-state index in [0.29, 0.717) is 22.7 Å². The van der Waals surface area contributed by atoms with Gasteiger partial charge in [0, 0.05) is 23.6 Å². The van der Waals surface area contributed by atoms with Crippen molar-refractivity contribution in [3.63, 3.8) is 0 Å². The van der Waals surface area contributed by atoms with Gasteiger partial charge in [-0.05, 0) is 47.4 Å². The molecule has 41 heavy (non-hydrogen) atoms. The summed E-state index contributed by atoms with van der Waals surface area (Å²) in [4.78, 5) is 24.6. The molecule has 4 aromatic rings. The smallest absolute Gasteiger partial charge is 0.264 e. The summed E-state index contributed by atoms with van der Waals surface area (Å²) in [5, 5.41) is 22.6. The van der Waals surface area contributed by atoms with Crippen molar-refractivity contribution >= 4 is 45.1 Å². The van der Waals surface area contributed by atoms with E-state index in [-0.39, 0.29) is 38.6 Å². The van der Waals surface area contributed by atoms with Crippen molar-refractivity contribution in [1.29, 1.82) is 10.5 Å². The Morgan fingerprint density at radius 1 is 1.00 bits per heavy atom. The standard InChI is InChI=1S/C28H24N8O3S2/c1-17(2)18-4-6-19(7-5-18)25-22(14-29)26(31)35-27(23(25)15-30)40-16-24(37)34-20-8-10-21(11-9-20)41(38,39)36-28-32-12-3-13-33-28/h3-13,17H,16H2,1-2H3,(H2,31,35)(H,34,37)(H,32,33,36). The number of nitrogens with one attached hydrogen (secondary N) is 2. The van der Waals surface area contributed by atoms with Crippen LogP contribution in [0.25, 0.3) is 11.1 Å². The lowest BCUT2D eigenvalue weighted by molar-refractivity contribution is -0.113. The molecule has 0 saturated carbocycles. The molecule has 0 unspecified atom stereocenters. The molecule has 0 radical (unpaired) electrons. The monoisotopic (exact) mass is 584 g/mol. The van der Waals surface area contributed by atoms with Crippen molar-refractivity contribution < 1.29 is 13.2 Å². The highest BCUT2D eigenvalue weighted by Crippen LogP contribution is 2.36. The van der Waals surface area contributed by atoms with Gasteiger partial charge >= 0.3 is 0 Å². The Bertz CT molecular complexity index is 1760. The van der Waals surface area contributed by atoms with Crippen LogP contribution in [-0.2, 0) is 14.8 Å². The Morgan fingerprint density at radius 2 is 1.63 bits per heavy atom. The van der Waals surface area contributed by atoms with Gasteiger partial charge in [-0.2, -0.15) is 10.5 Å². The number of carbonyl (C=O) groups is 1. The van der Waals surface area contributed by atoms with E-state index < -0.39 is 15.9 Å². The zero-order chi connectivity index (χ0) is 29.6. The summed E-state index contributed by atoms with van der Waals surface area (Å²) >= 11 is 1.00. The number of hydrogen-bond acceptors (Lipinski definition) is 10. The maximum Gasteiger partial charge on any atom is 0.264 e. The van der Waals surface area contributed by atoms with E-state index in [1.54, 1.807) is 6.07 Å². The van der Waals surface area contributed by atoms with Gasteiger partial charge in [0.1, 0.15) is 28.5 Å². The van der Waals surface area contributed by atoms with Crippen LogP contribution in [0.15, 0.2) is 76.9 Å². The number of nitrogen functional groups attached to an aromatic ring is 1. The van der Waals surface area contributed by atoms with Gasteiger partial charge in [0.25, 0.3) is 10.0 Å². The van der Waals surface area contributed by atoms with Gasteiger partial charge < -0.3 is 11.1 Å². The number of thioether (sulfide) groups is 1. The third-order valence-corrected chi connectivity index (χ3v) is 8.18. The topological polar surface area (TPSA) is 188 Å². The van der Waals surface area contributed by atoms with Gasteiger partial charge in [0.05, 0.1) is 16.2 Å². The first-order valence-electron chi connectivity index (χ1n) is 12.2. The van der Waals surface area contributed by atoms with E-state index in [4.69, 9.17) is 5.73 Å². The number of nitriles is 2. The van der Waals surface area contributed by atoms with Crippen LogP contribution in [0.1, 0.15) is 36.5 Å². The Labute approximate surface area is 241 Å². The fourth-order valence-corrected chi connectivity index (χ4v) is 5.56. The van der Waals surface area contributed by atoms with Crippen molar-refractivity contribution in [2.24, 2.45) is 0 Å². The van der Waals surface area contributed by atoms with Crippen LogP contribution in [0.2, 0.25) is 0 Å². The molecule has 11 nitrogen and oxygen atoms in total. The van der Waals surface area contributed by atoms with Gasteiger partial charge in [0.15, 0.2) is 0 Å². The van der Waals surface area contributed by atoms with Crippen LogP contribution in [0.5, 0.6) is 0 Å². The minimum Gasteiger partial charge on any atom is -0.383 e. The SMILES string of the molecule is CC(C)c1ccc(-c2c(C#N)c(N)nc(SCC(=O)Nc3ccc(S(=O)(=O)Nc4ncccn4)cc3)c2C#N)cc1. The fraction of sp³-hybridized carbons (Fsp3) is 0.143. The zero-order valence-corrected chi connectivity index (χ0v) is 23.6. The van der Waals surface area contributed by atoms with E-state index in [1.165, 1.54) is 36.7 Å². The first kappa shape index (κ1) is 29.0. The predicted molar refractivity (Wildman–Crippen MR) is 156 cm³/mol. The minimum absolute atomic E-state index is 0.0383. The summed E-state index contributed by atoms with van der Waals surface area (Å²) in [5.41, 5.74) is 8.80. The molecule has 0 saturated heterocycles. The van der Waals surface area contributed by atoms with Crippen molar-refractivity contribution in [3.05, 3.63) is 83.7 Å². The first-order chi connectivity index (χ1) is 19.6. The quantitative estimate of drug-likeness (QED) is 0.236. The van der Waals surface area contributed by atoms with Gasteiger partial charge in [0.2, 0.25) is 11.9 Å². The number of rotatable bonds is 9. The second-order valence-corrected chi connectivity index (χ2v) is 11.6. The summed E-state index contributed by atoms with van der Waals surface area (Å²) in [6.07, 6.45) is 2.82. The molecule has 0 bridgehead atoms. The minimum atomic E-state index is -3.92. The van der Waals surface area contributed by atoms with Crippen LogP contribution in [0.3, 0.4) is 0 Å². The molecule has 13 heteroatoms. The second-order valence-electron chi connectivity index (χ2n) is 8.97. The van der Waals surface area contributed by atoms with Gasteiger partial charge in [-0.25, -0.2) is 28.1 Å². The number of sulfonamides is 1. The highest BCUT2D eigenvalue weighted by Gasteiger charge is 2.22. The molecule has 1 amide bonds. The highest BCUT2D eigenvalue weighted by molar-refractivity contribution is 8.00. The fourth-order valence-electron chi connectivity index (χ4n) is 3.81. The molecule has 2 aromatic heterocycles. The largest absolute Gasteiger partial charge is 0.383 e. The molecular formula is C28H24N8O3S2. The number of nitrogens with zero attached hydrogens (tertiary/aromatic N) is 5. The number of carbonyl (C=O) groups excluding carboxylic acids is 1. The van der Waals surface area contributed by atoms with E-state index in [0.717, 1.165) is 17.3 Å². The normalized spacial score (nSPS) is 11.0. The van der Waals surface area contributed by atoms with E-state index >= 15 is 0 Å². The molecule has 0 spiro atoms. The van der Waals surface area contributed by atoms with Crippen LogP contribution in [0, 0.1) is 22.7 Å². The second kappa shape index (κ2) is 12.5. The Morgan fingerprint density at radius 3 is 2.22 bits per heavy atom. The predicted octanol–water partition coefficient (Wildman–Crippen LogP) is 4.52. The molecule has 2 aromatic carbocycles. The average Bonchev–Trinajstić information content (AvgIpc) is 2.96. The molecular weight excluding hydrogens is 560 g/mol. The molecule has 0 aliphatic heterocycles. The lowest BCUT2D eigenvalue weighted by atomic mass is 9.94. The maximum atomic E-state index is 12.7. The average molecular weight is 585 g/mol. The molecule has 0 atom stereocenters. The number of anilines is 3. The van der Waals surface area contributed by atoms with Crippen LogP contribution in [-0.4, -0.2) is 35.0 Å². The number of aromatic nitrogens is 3. The molecule has 2 heterocycles. The first-order valence-corrected chi connectivity index (χ1v) is 14.7. The van der Waals surface area contributed by atoms with E-state index in [1.807, 2.05) is 30.3 Å². The van der Waals surface area contributed by atoms with E-state index in [2.05, 4.69) is 44.9 Å². The highest BCUT2D eigenvalue weighted by atomic mass is 32.2. The van der Waals surface area contributed by atoms with Crippen molar-refractivity contribution in [1.82, 2.24) is 15.0 Å². The Kier molecular flexibility index (Phi) is 8.82. The summed E-state index contributed by atoms with van der Waals surface area (Å²) in [7, 11) is -3.92. The third kappa shape index (κ3) is 6.78. The third-order valence-electron chi connectivity index (χ3n) is 5.86. The summed E-state index contributed by atoms with van der Waals surface area (Å²) in [6, 6.07) is 18.8. The van der Waals surface area contributed by atoms with Crippen molar-refractivity contribution in [2.75, 3.05) is 21.5 Å². The van der Waals surface area contributed by atoms with Crippen LogP contribution >= 0.6 is 11.8 Å². The summed E-state index contributed by atoms with van der Waals surface area (Å²) in [5.74, 6) is -0.331. The number of amides is 1. The van der Waals surface area contributed by atoms with Crippen LogP contribution in [0.4, 0.5) is 17.5 Å². The van der Waals surface area contributed by atoms with Gasteiger partial charge in [-0.3, -0.25) is 4.79 Å². The Balaban J connectivity index is 1.49. The van der Waals surface area contributed by atoms with Crippen molar-refractivity contribution in [3.8, 4) is 23.3 Å². The molecule has 0 aliphatic rings. The molecule has 0 aliphatic carbocycles. The van der Waals surface area contributed by atoms with Crippen LogP contribution < -0.4 is 15.8 Å². The number of nitrogens with two attached hydrogens (primary N) is 1. The maximum absolute atomic E-state index is 12.7. The van der Waals surface area contributed by atoms with E-state index in [9.17, 15) is 23.7 Å². The molecule has 0 fully saturated rings. The Hall–Kier alpha value is -4.98. The van der Waals surface area contributed by atoms with Gasteiger partial charge in [-0.15, -0.1) is 0 Å². The number of benzene rings is 2. The summed E-state index contributed by atoms with van der Waals surface area (Å²) in [6.45, 7) is 4.13. The molecule has 4 rings (SSSR count). The van der Waals surface area contributed by atoms with Crippen molar-refractivity contribution in [2.45, 2.75) is 29.7 Å². The number of pyridine rings is 1. The number of hydrogen-bond donors (Lipinski definition) is 3. The molecule has 206 valence electrons. The summed E-state index contributed by atoms with van der Waals surface area (Å²) < 4.78 is 27.4. The molecule has 4 N–H and O–H groups in total. The van der Waals surface area contributed by atoms with Gasteiger partial charge in [-0.1, -0.05) is 49.9 Å². The lowest BCUT2D eigenvalue weighted by Crippen LogP contribution is -2.16.